The number of nitrogens with zero attached hydrogens (tertiary/aromatic N) is 1. The standard InChI is InChI=1S/C5H10N.2C2H5.Al/c1-5(2,3)4-6;2*1-2;/h4H,1-3H3;2*1H2,2H3;/q-1;;;+1. The molecule has 0 heterocycles. The number of rotatable bonds is 3. The molecule has 0 aliphatic rings. The molecule has 0 amide bonds. The highest BCUT2D eigenvalue weighted by Gasteiger charge is 2.12. The molecule has 0 radical (unpaired) electrons. The summed E-state index contributed by atoms with van der Waals surface area (Å²) in [7, 11) is 0. The second-order valence-electron chi connectivity index (χ2n) is 4.11. The van der Waals surface area contributed by atoms with Gasteiger partial charge in [0.2, 0.25) is 0 Å². The highest BCUT2D eigenvalue weighted by Crippen LogP contribution is 2.10. The van der Waals surface area contributed by atoms with E-state index in [-0.39, 0.29) is 5.41 Å². The van der Waals surface area contributed by atoms with Crippen molar-refractivity contribution in [2.75, 3.05) is 0 Å². The largest absolute Gasteiger partial charge is 0.434 e. The van der Waals surface area contributed by atoms with Crippen LogP contribution >= 0.6 is 0 Å². The molecule has 2 heteroatoms. The Balaban J connectivity index is 3.89. The van der Waals surface area contributed by atoms with E-state index in [0.29, 0.717) is 0 Å². The third-order valence-corrected chi connectivity index (χ3v) is 4.07. The third-order valence-electron chi connectivity index (χ3n) is 1.62. The predicted octanol–water partition coefficient (Wildman–Crippen LogP) is 3.13. The molecule has 0 unspecified atom stereocenters. The second kappa shape index (κ2) is 4.96. The molecule has 0 saturated carbocycles. The minimum absolute atomic E-state index is 0.273. The van der Waals surface area contributed by atoms with Gasteiger partial charge >= 0.3 is 14.4 Å². The molecule has 0 atom stereocenters. The summed E-state index contributed by atoms with van der Waals surface area (Å²) in [5.41, 5.74) is 0.273. The van der Waals surface area contributed by atoms with E-state index in [2.05, 4.69) is 44.8 Å². The monoisotopic (exact) mass is 169 g/mol. The van der Waals surface area contributed by atoms with Crippen molar-refractivity contribution in [3.8, 4) is 0 Å². The van der Waals surface area contributed by atoms with Gasteiger partial charge in [-0.1, -0.05) is 45.2 Å². The summed E-state index contributed by atoms with van der Waals surface area (Å²) < 4.78 is 4.65. The molecule has 0 bridgehead atoms. The molecule has 0 aromatic heterocycles. The molecule has 0 aliphatic carbocycles. The van der Waals surface area contributed by atoms with Gasteiger partial charge < -0.3 is 3.98 Å². The average Bonchev–Trinajstić information content (AvgIpc) is 1.88. The van der Waals surface area contributed by atoms with Gasteiger partial charge in [0.1, 0.15) is 0 Å². The molecule has 0 fully saturated rings. The Morgan fingerprint density at radius 2 is 1.64 bits per heavy atom. The third kappa shape index (κ3) is 6.59. The average molecular weight is 169 g/mol. The maximum Gasteiger partial charge on any atom is 0.434 e. The molecule has 0 aromatic carbocycles. The van der Waals surface area contributed by atoms with E-state index in [1.807, 2.05) is 0 Å². The van der Waals surface area contributed by atoms with Crippen LogP contribution in [0.25, 0.3) is 0 Å². The van der Waals surface area contributed by atoms with Gasteiger partial charge in [0.05, 0.1) is 0 Å². The van der Waals surface area contributed by atoms with Crippen LogP contribution in [-0.4, -0.2) is 20.6 Å². The first-order valence-corrected chi connectivity index (χ1v) is 6.69. The van der Waals surface area contributed by atoms with Gasteiger partial charge in [0.15, 0.2) is 0 Å². The van der Waals surface area contributed by atoms with E-state index in [4.69, 9.17) is 0 Å². The van der Waals surface area contributed by atoms with Crippen molar-refractivity contribution in [3.63, 3.8) is 0 Å². The van der Waals surface area contributed by atoms with Gasteiger partial charge in [-0.3, -0.25) is 0 Å². The van der Waals surface area contributed by atoms with E-state index >= 15 is 0 Å². The fourth-order valence-electron chi connectivity index (χ4n) is 0.829. The van der Waals surface area contributed by atoms with Gasteiger partial charge in [0.25, 0.3) is 0 Å². The van der Waals surface area contributed by atoms with Gasteiger partial charge in [0, 0.05) is 0 Å². The van der Waals surface area contributed by atoms with E-state index in [1.54, 1.807) is 0 Å². The summed E-state index contributed by atoms with van der Waals surface area (Å²) in [5.74, 6) is 0. The number of hydrogen-bond donors (Lipinski definition) is 0. The molecule has 64 valence electrons. The highest BCUT2D eigenvalue weighted by molar-refractivity contribution is 6.57. The summed E-state index contributed by atoms with van der Waals surface area (Å²) in [6.07, 6.45) is 2.14. The van der Waals surface area contributed by atoms with Crippen molar-refractivity contribution in [3.05, 3.63) is 0 Å². The van der Waals surface area contributed by atoms with Crippen molar-refractivity contribution >= 4 is 20.6 Å². The maximum absolute atomic E-state index is 4.65. The molecular formula is C9H20AlN. The van der Waals surface area contributed by atoms with Crippen LogP contribution in [0.5, 0.6) is 0 Å². The van der Waals surface area contributed by atoms with Crippen molar-refractivity contribution < 1.29 is 0 Å². The zero-order valence-electron chi connectivity index (χ0n) is 8.52. The van der Waals surface area contributed by atoms with Gasteiger partial charge in [-0.25, -0.2) is 0 Å². The molecule has 11 heavy (non-hydrogen) atoms. The van der Waals surface area contributed by atoms with Gasteiger partial charge in [-0.15, -0.1) is 0 Å². The quantitative estimate of drug-likeness (QED) is 0.454. The smallest absolute Gasteiger partial charge is 0.408 e. The summed E-state index contributed by atoms with van der Waals surface area (Å²) >= 11 is -0.722. The summed E-state index contributed by atoms with van der Waals surface area (Å²) in [6, 6.07) is 0. The van der Waals surface area contributed by atoms with Crippen molar-refractivity contribution in [1.29, 1.82) is 0 Å². The first-order valence-electron chi connectivity index (χ1n) is 4.54. The lowest BCUT2D eigenvalue weighted by Crippen LogP contribution is -2.12. The zero-order valence-corrected chi connectivity index (χ0v) is 9.67. The zero-order chi connectivity index (χ0) is 8.91. The minimum Gasteiger partial charge on any atom is -0.408 e. The molecule has 0 spiro atoms. The van der Waals surface area contributed by atoms with Crippen molar-refractivity contribution in [2.45, 2.75) is 45.2 Å². The Kier molecular flexibility index (Phi) is 5.05. The molecule has 0 N–H and O–H groups in total. The SMILES string of the molecule is C[CH2][Al]([CH2]C)/[N]=C/C(C)(C)C. The molecule has 1 nitrogen and oxygen atoms in total. The predicted molar refractivity (Wildman–Crippen MR) is 54.7 cm³/mol. The summed E-state index contributed by atoms with van der Waals surface area (Å²) in [6.45, 7) is 11.1. The minimum atomic E-state index is -0.722. The van der Waals surface area contributed by atoms with Crippen LogP contribution in [0.1, 0.15) is 34.6 Å². The van der Waals surface area contributed by atoms with Crippen LogP contribution in [0.15, 0.2) is 3.98 Å². The van der Waals surface area contributed by atoms with Gasteiger partial charge in [-0.2, -0.15) is 0 Å². The Bertz CT molecular complexity index is 120. The summed E-state index contributed by atoms with van der Waals surface area (Å²) in [5, 5.41) is 2.59. The Hall–Kier alpha value is 0.202. The highest BCUT2D eigenvalue weighted by atomic mass is 27.2. The van der Waals surface area contributed by atoms with Gasteiger partial charge in [-0.05, 0) is 11.6 Å². The Morgan fingerprint density at radius 1 is 1.18 bits per heavy atom. The molecule has 0 aliphatic heterocycles. The van der Waals surface area contributed by atoms with E-state index < -0.39 is 14.4 Å². The van der Waals surface area contributed by atoms with Crippen LogP contribution in [0.4, 0.5) is 0 Å². The molecule has 0 saturated heterocycles. The first-order chi connectivity index (χ1) is 4.99. The molecule has 0 rings (SSSR count). The lowest BCUT2D eigenvalue weighted by atomic mass is 10.00. The maximum atomic E-state index is 4.65. The second-order valence-corrected chi connectivity index (χ2v) is 7.35. The van der Waals surface area contributed by atoms with Crippen molar-refractivity contribution in [1.82, 2.24) is 0 Å². The lowest BCUT2D eigenvalue weighted by Gasteiger charge is -2.11. The fourth-order valence-corrected chi connectivity index (χ4v) is 2.49. The van der Waals surface area contributed by atoms with Crippen LogP contribution in [-0.2, 0) is 0 Å². The fraction of sp³-hybridized carbons (Fsp3) is 0.889. The summed E-state index contributed by atoms with van der Waals surface area (Å²) in [4.78, 5) is 0. The van der Waals surface area contributed by atoms with E-state index in [9.17, 15) is 0 Å². The van der Waals surface area contributed by atoms with Crippen LogP contribution in [0.3, 0.4) is 0 Å². The lowest BCUT2D eigenvalue weighted by molar-refractivity contribution is 0.608. The Labute approximate surface area is 75.5 Å². The van der Waals surface area contributed by atoms with Crippen LogP contribution in [0.2, 0.25) is 10.6 Å². The van der Waals surface area contributed by atoms with Crippen LogP contribution < -0.4 is 0 Å². The van der Waals surface area contributed by atoms with Crippen molar-refractivity contribution in [2.24, 2.45) is 9.39 Å². The topological polar surface area (TPSA) is 12.4 Å². The van der Waals surface area contributed by atoms with Crippen LogP contribution in [0, 0.1) is 5.41 Å². The molecule has 0 aromatic rings. The first kappa shape index (κ1) is 11.2. The van der Waals surface area contributed by atoms with E-state index in [0.717, 1.165) is 0 Å². The van der Waals surface area contributed by atoms with E-state index in [1.165, 1.54) is 10.6 Å². The number of hydrogen-bond acceptors (Lipinski definition) is 1. The molecular weight excluding hydrogens is 149 g/mol. The normalized spacial score (nSPS) is 12.5. The Morgan fingerprint density at radius 3 is 1.91 bits per heavy atom.